The van der Waals surface area contributed by atoms with Crippen LogP contribution in [0.2, 0.25) is 0 Å². The van der Waals surface area contributed by atoms with E-state index in [-0.39, 0.29) is 17.7 Å². The van der Waals surface area contributed by atoms with E-state index in [9.17, 15) is 5.11 Å². The number of benzene rings is 1. The number of amidine groups is 1. The van der Waals surface area contributed by atoms with Crippen LogP contribution in [0.1, 0.15) is 19.7 Å². The second kappa shape index (κ2) is 6.76. The van der Waals surface area contributed by atoms with Crippen molar-refractivity contribution in [1.29, 1.82) is 5.41 Å². The van der Waals surface area contributed by atoms with E-state index >= 15 is 0 Å². The third-order valence-corrected chi connectivity index (χ3v) is 4.31. The Morgan fingerprint density at radius 3 is 2.80 bits per heavy atom. The van der Waals surface area contributed by atoms with E-state index in [0.29, 0.717) is 31.1 Å². The molecule has 1 aromatic heterocycles. The second-order valence-corrected chi connectivity index (χ2v) is 6.36. The number of aliphatic hydroxyl groups is 1. The van der Waals surface area contributed by atoms with Gasteiger partial charge in [0.2, 0.25) is 0 Å². The lowest BCUT2D eigenvalue weighted by Crippen LogP contribution is -2.31. The van der Waals surface area contributed by atoms with Gasteiger partial charge in [-0.25, -0.2) is 4.98 Å². The fourth-order valence-electron chi connectivity index (χ4n) is 2.99. The first kappa shape index (κ1) is 17.3. The molecule has 7 heteroatoms. The number of fused-ring (bicyclic) bond motifs is 1. The van der Waals surface area contributed by atoms with Crippen LogP contribution in [0.5, 0.6) is 5.75 Å². The van der Waals surface area contributed by atoms with Crippen molar-refractivity contribution in [2.45, 2.75) is 20.0 Å². The number of ether oxygens (including phenoxy) is 2. The summed E-state index contributed by atoms with van der Waals surface area (Å²) < 4.78 is 12.7. The molecular weight excluding hydrogens is 320 g/mol. The van der Waals surface area contributed by atoms with E-state index in [0.717, 1.165) is 16.8 Å². The highest BCUT2D eigenvalue weighted by atomic mass is 16.5. The molecule has 134 valence electrons. The van der Waals surface area contributed by atoms with Gasteiger partial charge in [0.25, 0.3) is 0 Å². The Balaban J connectivity index is 1.88. The lowest BCUT2D eigenvalue weighted by molar-refractivity contribution is 0.0705. The summed E-state index contributed by atoms with van der Waals surface area (Å²) in [4.78, 5) is 6.41. The summed E-state index contributed by atoms with van der Waals surface area (Å²) in [5.41, 5.74) is 2.17. The van der Waals surface area contributed by atoms with Gasteiger partial charge in [0.15, 0.2) is 0 Å². The second-order valence-electron chi connectivity index (χ2n) is 6.36. The zero-order valence-electron chi connectivity index (χ0n) is 15.0. The Labute approximate surface area is 147 Å². The summed E-state index contributed by atoms with van der Waals surface area (Å²) in [5.74, 6) is 1.75. The summed E-state index contributed by atoms with van der Waals surface area (Å²) in [5, 5.41) is 18.9. The molecule has 2 heterocycles. The fourth-order valence-corrected chi connectivity index (χ4v) is 2.99. The van der Waals surface area contributed by atoms with Crippen molar-refractivity contribution in [2.75, 3.05) is 26.8 Å². The van der Waals surface area contributed by atoms with Crippen molar-refractivity contribution in [2.24, 2.45) is 7.05 Å². The highest BCUT2D eigenvalue weighted by Gasteiger charge is 2.31. The molecule has 1 aromatic carbocycles. The Morgan fingerprint density at radius 2 is 2.12 bits per heavy atom. The normalized spacial score (nSPS) is 15.1. The average molecular weight is 344 g/mol. The number of hydrogen-bond acceptors (Lipinski definition) is 5. The van der Waals surface area contributed by atoms with Crippen LogP contribution in [0.4, 0.5) is 0 Å². The van der Waals surface area contributed by atoms with Gasteiger partial charge in [-0.15, -0.1) is 0 Å². The van der Waals surface area contributed by atoms with Crippen LogP contribution in [-0.2, 0) is 11.8 Å². The number of rotatable bonds is 6. The lowest BCUT2D eigenvalue weighted by atomic mass is 10.2. The van der Waals surface area contributed by atoms with E-state index in [4.69, 9.17) is 14.9 Å². The largest absolute Gasteiger partial charge is 0.510 e. The maximum atomic E-state index is 10.4. The summed E-state index contributed by atoms with van der Waals surface area (Å²) >= 11 is 0. The van der Waals surface area contributed by atoms with Crippen LogP contribution in [0, 0.1) is 5.41 Å². The third kappa shape index (κ3) is 3.19. The van der Waals surface area contributed by atoms with Gasteiger partial charge in [-0.1, -0.05) is 0 Å². The monoisotopic (exact) mass is 344 g/mol. The predicted molar refractivity (Wildman–Crippen MR) is 97.2 cm³/mol. The molecule has 0 atom stereocenters. The molecule has 1 aliphatic heterocycles. The van der Waals surface area contributed by atoms with Crippen LogP contribution in [0.3, 0.4) is 0 Å². The Bertz CT molecular complexity index is 838. The molecule has 0 spiro atoms. The first-order valence-electron chi connectivity index (χ1n) is 8.30. The summed E-state index contributed by atoms with van der Waals surface area (Å²) in [6, 6.07) is 5.65. The molecule has 0 amide bonds. The van der Waals surface area contributed by atoms with Crippen molar-refractivity contribution in [3.8, 4) is 5.75 Å². The van der Waals surface area contributed by atoms with Crippen molar-refractivity contribution in [1.82, 2.24) is 14.5 Å². The molecule has 0 unspecified atom stereocenters. The van der Waals surface area contributed by atoms with E-state index in [2.05, 4.69) is 4.98 Å². The van der Waals surface area contributed by atoms with Gasteiger partial charge in [-0.2, -0.15) is 0 Å². The summed E-state index contributed by atoms with van der Waals surface area (Å²) in [7, 11) is 3.50. The van der Waals surface area contributed by atoms with E-state index in [1.807, 2.05) is 43.7 Å². The highest BCUT2D eigenvalue weighted by molar-refractivity contribution is 6.23. The SMILES string of the molecule is COc1ccc2c(c1)nc(C1=C(O)CN(CCOC(C)C)C1=N)n2C. The van der Waals surface area contributed by atoms with Gasteiger partial charge in [-0.3, -0.25) is 5.41 Å². The molecule has 3 rings (SSSR count). The number of aromatic nitrogens is 2. The molecule has 0 fully saturated rings. The zero-order chi connectivity index (χ0) is 18.1. The Kier molecular flexibility index (Phi) is 4.67. The number of hydrogen-bond donors (Lipinski definition) is 2. The molecule has 0 radical (unpaired) electrons. The smallest absolute Gasteiger partial charge is 0.148 e. The Morgan fingerprint density at radius 1 is 1.36 bits per heavy atom. The highest BCUT2D eigenvalue weighted by Crippen LogP contribution is 2.30. The van der Waals surface area contributed by atoms with Gasteiger partial charge in [0, 0.05) is 19.7 Å². The minimum absolute atomic E-state index is 0.146. The topological polar surface area (TPSA) is 83.6 Å². The van der Waals surface area contributed by atoms with E-state index in [1.54, 1.807) is 12.0 Å². The Hall–Kier alpha value is -2.54. The van der Waals surface area contributed by atoms with E-state index in [1.165, 1.54) is 0 Å². The fraction of sp³-hybridized carbons (Fsp3) is 0.444. The number of methoxy groups -OCH3 is 1. The molecule has 25 heavy (non-hydrogen) atoms. The molecule has 0 saturated carbocycles. The molecule has 0 bridgehead atoms. The van der Waals surface area contributed by atoms with Gasteiger partial charge < -0.3 is 24.0 Å². The quantitative estimate of drug-likeness (QED) is 0.841. The zero-order valence-corrected chi connectivity index (χ0v) is 15.0. The number of nitrogens with zero attached hydrogens (tertiary/aromatic N) is 3. The van der Waals surface area contributed by atoms with Crippen molar-refractivity contribution in [3.05, 3.63) is 29.8 Å². The molecule has 2 aromatic rings. The average Bonchev–Trinajstić information content (AvgIpc) is 3.03. The number of aliphatic hydroxyl groups excluding tert-OH is 1. The molecule has 7 nitrogen and oxygen atoms in total. The van der Waals surface area contributed by atoms with Crippen LogP contribution in [-0.4, -0.2) is 58.3 Å². The summed E-state index contributed by atoms with van der Waals surface area (Å²) in [6.07, 6.45) is 0.146. The van der Waals surface area contributed by atoms with Crippen LogP contribution >= 0.6 is 0 Å². The number of imidazole rings is 1. The minimum atomic E-state index is 0.146. The van der Waals surface area contributed by atoms with Crippen LogP contribution in [0.25, 0.3) is 16.6 Å². The summed E-state index contributed by atoms with van der Waals surface area (Å²) in [6.45, 7) is 5.33. The maximum absolute atomic E-state index is 10.4. The molecule has 1 aliphatic rings. The van der Waals surface area contributed by atoms with Crippen LogP contribution < -0.4 is 4.74 Å². The van der Waals surface area contributed by atoms with Gasteiger partial charge >= 0.3 is 0 Å². The van der Waals surface area contributed by atoms with Crippen molar-refractivity contribution < 1.29 is 14.6 Å². The molecular formula is C18H24N4O3. The number of aryl methyl sites for hydroxylation is 1. The standard InChI is InChI=1S/C18H24N4O3/c1-11(2)25-8-7-22-10-15(23)16(17(22)19)18-20-13-9-12(24-4)5-6-14(13)21(18)3/h5-6,9,11,19,23H,7-8,10H2,1-4H3. The molecule has 0 saturated heterocycles. The van der Waals surface area contributed by atoms with Crippen LogP contribution in [0.15, 0.2) is 24.0 Å². The van der Waals surface area contributed by atoms with Gasteiger partial charge in [0.1, 0.15) is 23.2 Å². The van der Waals surface area contributed by atoms with Gasteiger partial charge in [0.05, 0.1) is 43.0 Å². The third-order valence-electron chi connectivity index (χ3n) is 4.31. The lowest BCUT2D eigenvalue weighted by Gasteiger charge is -2.19. The minimum Gasteiger partial charge on any atom is -0.510 e. The first-order chi connectivity index (χ1) is 11.9. The molecule has 2 N–H and O–H groups in total. The van der Waals surface area contributed by atoms with Crippen molar-refractivity contribution >= 4 is 22.4 Å². The maximum Gasteiger partial charge on any atom is 0.148 e. The first-order valence-corrected chi connectivity index (χ1v) is 8.30. The van der Waals surface area contributed by atoms with E-state index < -0.39 is 0 Å². The van der Waals surface area contributed by atoms with Crippen molar-refractivity contribution in [3.63, 3.8) is 0 Å². The number of nitrogens with one attached hydrogen (secondary N) is 1. The molecule has 0 aliphatic carbocycles. The predicted octanol–water partition coefficient (Wildman–Crippen LogP) is 2.57. The van der Waals surface area contributed by atoms with Gasteiger partial charge in [-0.05, 0) is 26.0 Å².